The van der Waals surface area contributed by atoms with Crippen LogP contribution in [0.15, 0.2) is 42.5 Å². The number of nitrogens with two attached hydrogens (primary N) is 1. The Hall–Kier alpha value is -1.30. The number of aryl methyl sites for hydroxylation is 1. The third-order valence-corrected chi connectivity index (χ3v) is 9.13. The van der Waals surface area contributed by atoms with Crippen molar-refractivity contribution in [1.29, 1.82) is 0 Å². The molecule has 2 saturated heterocycles. The van der Waals surface area contributed by atoms with Gasteiger partial charge in [0.2, 0.25) is 0 Å². The summed E-state index contributed by atoms with van der Waals surface area (Å²) in [6, 6.07) is 15.4. The minimum absolute atomic E-state index is 0.165. The van der Waals surface area contributed by atoms with Gasteiger partial charge in [-0.2, -0.15) is 0 Å². The Bertz CT molecular complexity index is 794. The largest absolute Gasteiger partial charge is 0.370 e. The zero-order valence-corrected chi connectivity index (χ0v) is 18.6. The second-order valence-corrected chi connectivity index (χ2v) is 11.2. The molecular formula is C23H31N3S2. The fourth-order valence-corrected chi connectivity index (χ4v) is 7.18. The van der Waals surface area contributed by atoms with E-state index < -0.39 is 0 Å². The Kier molecular flexibility index (Phi) is 6.14. The van der Waals surface area contributed by atoms with Crippen molar-refractivity contribution in [2.24, 2.45) is 5.84 Å². The molecule has 2 fully saturated rings. The van der Waals surface area contributed by atoms with Crippen molar-refractivity contribution in [2.45, 2.75) is 43.6 Å². The maximum Gasteiger partial charge on any atom is 0.0837 e. The van der Waals surface area contributed by atoms with Gasteiger partial charge >= 0.3 is 0 Å². The number of hydrazine groups is 1. The quantitative estimate of drug-likeness (QED) is 0.488. The summed E-state index contributed by atoms with van der Waals surface area (Å²) in [5, 5.41) is 1.88. The minimum atomic E-state index is 0.165. The molecule has 0 radical (unpaired) electrons. The van der Waals surface area contributed by atoms with Gasteiger partial charge in [0.15, 0.2) is 0 Å². The van der Waals surface area contributed by atoms with Crippen LogP contribution in [0.25, 0.3) is 0 Å². The molecule has 150 valence electrons. The molecule has 2 aliphatic heterocycles. The lowest BCUT2D eigenvalue weighted by Crippen LogP contribution is -2.33. The summed E-state index contributed by atoms with van der Waals surface area (Å²) in [5.74, 6) is 9.18. The van der Waals surface area contributed by atoms with E-state index in [0.29, 0.717) is 0 Å². The van der Waals surface area contributed by atoms with Crippen LogP contribution < -0.4 is 15.8 Å². The molecule has 4 rings (SSSR count). The van der Waals surface area contributed by atoms with Crippen LogP contribution >= 0.6 is 23.5 Å². The van der Waals surface area contributed by atoms with Crippen LogP contribution in [0, 0.1) is 6.92 Å². The Morgan fingerprint density at radius 1 is 0.929 bits per heavy atom. The minimum Gasteiger partial charge on any atom is -0.370 e. The van der Waals surface area contributed by atoms with E-state index >= 15 is 0 Å². The van der Waals surface area contributed by atoms with Gasteiger partial charge in [-0.3, -0.25) is 5.01 Å². The van der Waals surface area contributed by atoms with Gasteiger partial charge in [0.05, 0.1) is 21.1 Å². The molecule has 2 N–H and O–H groups in total. The molecule has 0 aromatic heterocycles. The van der Waals surface area contributed by atoms with Crippen molar-refractivity contribution in [1.82, 2.24) is 0 Å². The molecule has 28 heavy (non-hydrogen) atoms. The van der Waals surface area contributed by atoms with E-state index in [4.69, 9.17) is 5.84 Å². The van der Waals surface area contributed by atoms with Crippen LogP contribution in [0.4, 0.5) is 17.1 Å². The Labute approximate surface area is 178 Å². The number of anilines is 3. The molecule has 2 heterocycles. The number of hydrogen-bond donors (Lipinski definition) is 1. The Balaban J connectivity index is 1.62. The topological polar surface area (TPSA) is 32.5 Å². The number of piperidine rings is 1. The molecule has 0 spiro atoms. The van der Waals surface area contributed by atoms with Crippen molar-refractivity contribution < 1.29 is 0 Å². The van der Waals surface area contributed by atoms with Gasteiger partial charge in [-0.05, 0) is 80.4 Å². The van der Waals surface area contributed by atoms with Gasteiger partial charge < -0.3 is 4.90 Å². The summed E-state index contributed by atoms with van der Waals surface area (Å²) in [6.45, 7) is 6.76. The van der Waals surface area contributed by atoms with Crippen LogP contribution in [0.5, 0.6) is 0 Å². The number of thioether (sulfide) groups is 2. The molecule has 0 aliphatic carbocycles. The normalized spacial score (nSPS) is 19.5. The molecular weight excluding hydrogens is 382 g/mol. The first kappa shape index (κ1) is 20.0. The van der Waals surface area contributed by atoms with E-state index in [1.165, 1.54) is 54.0 Å². The molecule has 0 unspecified atom stereocenters. The molecule has 5 heteroatoms. The van der Waals surface area contributed by atoms with Gasteiger partial charge in [-0.1, -0.05) is 24.3 Å². The summed E-state index contributed by atoms with van der Waals surface area (Å²) in [7, 11) is 0. The molecule has 0 saturated carbocycles. The zero-order valence-electron chi connectivity index (χ0n) is 17.0. The summed E-state index contributed by atoms with van der Waals surface area (Å²) in [4.78, 5) is 2.50. The second kappa shape index (κ2) is 8.60. The second-order valence-electron chi connectivity index (χ2n) is 7.90. The van der Waals surface area contributed by atoms with Crippen LogP contribution in [0.2, 0.25) is 0 Å². The Morgan fingerprint density at radius 3 is 2.29 bits per heavy atom. The van der Waals surface area contributed by atoms with E-state index in [1.807, 2.05) is 5.01 Å². The van der Waals surface area contributed by atoms with Gasteiger partial charge in [0, 0.05) is 13.1 Å². The van der Waals surface area contributed by atoms with Gasteiger partial charge in [-0.15, -0.1) is 23.5 Å². The van der Waals surface area contributed by atoms with Gasteiger partial charge in [-0.25, -0.2) is 5.84 Å². The van der Waals surface area contributed by atoms with Crippen molar-refractivity contribution in [3.8, 4) is 0 Å². The van der Waals surface area contributed by atoms with E-state index in [-0.39, 0.29) is 4.08 Å². The lowest BCUT2D eigenvalue weighted by Gasteiger charge is -2.34. The van der Waals surface area contributed by atoms with E-state index in [2.05, 4.69) is 84.7 Å². The average molecular weight is 414 g/mol. The predicted molar refractivity (Wildman–Crippen MR) is 127 cm³/mol. The highest BCUT2D eigenvalue weighted by Crippen LogP contribution is 2.50. The summed E-state index contributed by atoms with van der Waals surface area (Å²) in [5.41, 5.74) is 6.05. The smallest absolute Gasteiger partial charge is 0.0837 e. The molecule has 2 aliphatic rings. The third-order valence-electron chi connectivity index (χ3n) is 5.87. The fourth-order valence-electron chi connectivity index (χ4n) is 4.20. The summed E-state index contributed by atoms with van der Waals surface area (Å²) in [6.07, 6.45) is 5.17. The number of nitrogens with zero attached hydrogens (tertiary/aromatic N) is 2. The highest BCUT2D eigenvalue weighted by Gasteiger charge is 2.30. The highest BCUT2D eigenvalue weighted by atomic mass is 32.2. The number of hydrogen-bond acceptors (Lipinski definition) is 5. The SMILES string of the molecule is Cc1cccc(N2CCCCC2)c1N(N)c1ccc(C2(C)SCCCS2)cc1. The molecule has 2 aromatic carbocycles. The maximum atomic E-state index is 6.68. The van der Waals surface area contributed by atoms with Crippen molar-refractivity contribution in [2.75, 3.05) is 34.5 Å². The van der Waals surface area contributed by atoms with Crippen LogP contribution in [0.1, 0.15) is 43.7 Å². The molecule has 3 nitrogen and oxygen atoms in total. The van der Waals surface area contributed by atoms with Crippen LogP contribution in [-0.2, 0) is 4.08 Å². The molecule has 0 amide bonds. The zero-order chi connectivity index (χ0) is 19.6. The first-order chi connectivity index (χ1) is 13.6. The summed E-state index contributed by atoms with van der Waals surface area (Å²) >= 11 is 4.13. The van der Waals surface area contributed by atoms with E-state index in [1.54, 1.807) is 0 Å². The first-order valence-corrected chi connectivity index (χ1v) is 12.3. The highest BCUT2D eigenvalue weighted by molar-refractivity contribution is 8.18. The third kappa shape index (κ3) is 4.03. The molecule has 0 atom stereocenters. The average Bonchev–Trinajstić information content (AvgIpc) is 2.74. The number of benzene rings is 2. The molecule has 0 bridgehead atoms. The maximum absolute atomic E-state index is 6.68. The van der Waals surface area contributed by atoms with Crippen LogP contribution in [0.3, 0.4) is 0 Å². The predicted octanol–water partition coefficient (Wildman–Crippen LogP) is 6.04. The van der Waals surface area contributed by atoms with Crippen molar-refractivity contribution >= 4 is 40.6 Å². The first-order valence-electron chi connectivity index (χ1n) is 10.4. The van der Waals surface area contributed by atoms with E-state index in [0.717, 1.165) is 24.5 Å². The number of rotatable bonds is 4. The van der Waals surface area contributed by atoms with Gasteiger partial charge in [0.1, 0.15) is 0 Å². The standard InChI is InChI=1S/C23H31N3S2/c1-18-8-6-9-21(25-14-4-3-5-15-25)22(18)26(24)20-12-10-19(11-13-20)23(2)27-16-7-17-28-23/h6,8-13H,3-5,7,14-17,24H2,1-2H3. The van der Waals surface area contributed by atoms with E-state index in [9.17, 15) is 0 Å². The lowest BCUT2D eigenvalue weighted by molar-refractivity contribution is 0.577. The monoisotopic (exact) mass is 413 g/mol. The Morgan fingerprint density at radius 2 is 1.61 bits per heavy atom. The van der Waals surface area contributed by atoms with Gasteiger partial charge in [0.25, 0.3) is 0 Å². The van der Waals surface area contributed by atoms with Crippen molar-refractivity contribution in [3.05, 3.63) is 53.6 Å². The van der Waals surface area contributed by atoms with Crippen molar-refractivity contribution in [3.63, 3.8) is 0 Å². The molecule has 2 aromatic rings. The summed E-state index contributed by atoms with van der Waals surface area (Å²) < 4.78 is 0.165. The number of para-hydroxylation sites is 1. The fraction of sp³-hybridized carbons (Fsp3) is 0.478. The lowest BCUT2D eigenvalue weighted by atomic mass is 10.1. The van der Waals surface area contributed by atoms with Crippen LogP contribution in [-0.4, -0.2) is 24.6 Å².